The number of anilines is 1. The molecule has 0 spiro atoms. The Morgan fingerprint density at radius 2 is 2.06 bits per heavy atom. The third kappa shape index (κ3) is 3.95. The molecule has 1 aromatic carbocycles. The van der Waals surface area contributed by atoms with Crippen molar-refractivity contribution < 1.29 is 9.53 Å². The lowest BCUT2D eigenvalue weighted by atomic mass is 9.82. The SMILES string of the molecule is CCOC(=O)NNc1cccc(C(C)(C)CC)c1. The first-order valence-electron chi connectivity index (χ1n) is 6.29. The Morgan fingerprint density at radius 1 is 1.33 bits per heavy atom. The predicted octanol–water partition coefficient (Wildman–Crippen LogP) is 3.45. The van der Waals surface area contributed by atoms with E-state index < -0.39 is 6.09 Å². The molecule has 0 aromatic heterocycles. The normalized spacial score (nSPS) is 10.9. The Morgan fingerprint density at radius 3 is 2.67 bits per heavy atom. The van der Waals surface area contributed by atoms with Gasteiger partial charge in [0.2, 0.25) is 0 Å². The topological polar surface area (TPSA) is 50.4 Å². The highest BCUT2D eigenvalue weighted by atomic mass is 16.5. The van der Waals surface area contributed by atoms with E-state index in [1.807, 2.05) is 18.2 Å². The van der Waals surface area contributed by atoms with Gasteiger partial charge in [-0.25, -0.2) is 10.2 Å². The first kappa shape index (κ1) is 14.4. The summed E-state index contributed by atoms with van der Waals surface area (Å²) in [6.07, 6.45) is 0.583. The summed E-state index contributed by atoms with van der Waals surface area (Å²) in [5, 5.41) is 0. The van der Waals surface area contributed by atoms with Crippen molar-refractivity contribution in [2.75, 3.05) is 12.0 Å². The van der Waals surface area contributed by atoms with Crippen LogP contribution < -0.4 is 10.9 Å². The third-order valence-corrected chi connectivity index (χ3v) is 3.11. The lowest BCUT2D eigenvalue weighted by molar-refractivity contribution is 0.154. The molecule has 0 bridgehead atoms. The maximum absolute atomic E-state index is 11.2. The van der Waals surface area contributed by atoms with Crippen molar-refractivity contribution in [2.45, 2.75) is 39.5 Å². The Kier molecular flexibility index (Phi) is 5.01. The second-order valence-corrected chi connectivity index (χ2v) is 4.79. The van der Waals surface area contributed by atoms with Gasteiger partial charge in [0.15, 0.2) is 0 Å². The second kappa shape index (κ2) is 6.28. The highest BCUT2D eigenvalue weighted by Crippen LogP contribution is 2.28. The predicted molar refractivity (Wildman–Crippen MR) is 73.5 cm³/mol. The van der Waals surface area contributed by atoms with Gasteiger partial charge in [0.05, 0.1) is 12.3 Å². The molecule has 0 aliphatic rings. The molecule has 1 amide bonds. The summed E-state index contributed by atoms with van der Waals surface area (Å²) in [6.45, 7) is 8.69. The quantitative estimate of drug-likeness (QED) is 0.787. The smallest absolute Gasteiger partial charge is 0.425 e. The van der Waals surface area contributed by atoms with Crippen molar-refractivity contribution >= 4 is 11.8 Å². The molecule has 4 heteroatoms. The van der Waals surface area contributed by atoms with Crippen LogP contribution in [0, 0.1) is 0 Å². The fraction of sp³-hybridized carbons (Fsp3) is 0.500. The Hall–Kier alpha value is -1.71. The summed E-state index contributed by atoms with van der Waals surface area (Å²) < 4.78 is 4.77. The average molecular weight is 250 g/mol. The lowest BCUT2D eigenvalue weighted by Crippen LogP contribution is -2.30. The summed E-state index contributed by atoms with van der Waals surface area (Å²) in [5.41, 5.74) is 7.54. The van der Waals surface area contributed by atoms with Gasteiger partial charge in [-0.1, -0.05) is 32.9 Å². The summed E-state index contributed by atoms with van der Waals surface area (Å²) in [4.78, 5) is 11.2. The Labute approximate surface area is 109 Å². The maximum atomic E-state index is 11.2. The van der Waals surface area contributed by atoms with Crippen molar-refractivity contribution in [3.05, 3.63) is 29.8 Å². The summed E-state index contributed by atoms with van der Waals surface area (Å²) in [7, 11) is 0. The molecule has 0 aliphatic carbocycles. The van der Waals surface area contributed by atoms with E-state index in [1.54, 1.807) is 6.92 Å². The molecule has 4 nitrogen and oxygen atoms in total. The van der Waals surface area contributed by atoms with Crippen LogP contribution in [0.15, 0.2) is 24.3 Å². The zero-order valence-electron chi connectivity index (χ0n) is 11.5. The van der Waals surface area contributed by atoms with Crippen LogP contribution in [0.1, 0.15) is 39.7 Å². The number of rotatable bonds is 5. The monoisotopic (exact) mass is 250 g/mol. The largest absolute Gasteiger partial charge is 0.449 e. The van der Waals surface area contributed by atoms with Crippen molar-refractivity contribution in [1.29, 1.82) is 0 Å². The molecular formula is C14H22N2O2. The molecule has 0 saturated heterocycles. The minimum absolute atomic E-state index is 0.127. The van der Waals surface area contributed by atoms with Gasteiger partial charge in [-0.3, -0.25) is 5.43 Å². The van der Waals surface area contributed by atoms with E-state index in [1.165, 1.54) is 5.56 Å². The number of hydrogen-bond donors (Lipinski definition) is 2. The van der Waals surface area contributed by atoms with Crippen LogP contribution in [0.2, 0.25) is 0 Å². The highest BCUT2D eigenvalue weighted by Gasteiger charge is 2.17. The molecule has 0 fully saturated rings. The molecule has 0 radical (unpaired) electrons. The number of amides is 1. The van der Waals surface area contributed by atoms with Crippen LogP contribution in [0.3, 0.4) is 0 Å². The van der Waals surface area contributed by atoms with Gasteiger partial charge in [-0.2, -0.15) is 0 Å². The van der Waals surface area contributed by atoms with E-state index in [0.29, 0.717) is 6.61 Å². The third-order valence-electron chi connectivity index (χ3n) is 3.11. The van der Waals surface area contributed by atoms with Crippen molar-refractivity contribution in [1.82, 2.24) is 5.43 Å². The molecule has 0 saturated carbocycles. The van der Waals surface area contributed by atoms with E-state index >= 15 is 0 Å². The summed E-state index contributed by atoms with van der Waals surface area (Å²) in [5.74, 6) is 0. The van der Waals surface area contributed by atoms with E-state index in [9.17, 15) is 4.79 Å². The first-order valence-corrected chi connectivity index (χ1v) is 6.29. The van der Waals surface area contributed by atoms with Gasteiger partial charge in [0.1, 0.15) is 0 Å². The molecule has 0 unspecified atom stereocenters. The van der Waals surface area contributed by atoms with Crippen LogP contribution in [-0.2, 0) is 10.2 Å². The zero-order valence-corrected chi connectivity index (χ0v) is 11.5. The van der Waals surface area contributed by atoms with Gasteiger partial charge in [-0.15, -0.1) is 0 Å². The summed E-state index contributed by atoms with van der Waals surface area (Å²) in [6, 6.07) is 8.01. The number of carbonyl (C=O) groups excluding carboxylic acids is 1. The van der Waals surface area contributed by atoms with Crippen molar-refractivity contribution in [3.8, 4) is 0 Å². The standard InChI is InChI=1S/C14H22N2O2/c1-5-14(3,4)11-8-7-9-12(10-11)15-16-13(17)18-6-2/h7-10,15H,5-6H2,1-4H3,(H,16,17). The lowest BCUT2D eigenvalue weighted by Gasteiger charge is -2.24. The number of ether oxygens (including phenoxy) is 1. The zero-order chi connectivity index (χ0) is 13.6. The van der Waals surface area contributed by atoms with Crippen LogP contribution >= 0.6 is 0 Å². The molecule has 1 rings (SSSR count). The van der Waals surface area contributed by atoms with Gasteiger partial charge in [0, 0.05) is 0 Å². The van der Waals surface area contributed by atoms with Crippen molar-refractivity contribution in [3.63, 3.8) is 0 Å². The second-order valence-electron chi connectivity index (χ2n) is 4.79. The van der Waals surface area contributed by atoms with Crippen molar-refractivity contribution in [2.24, 2.45) is 0 Å². The Balaban J connectivity index is 2.68. The Bertz CT molecular complexity index is 403. The van der Waals surface area contributed by atoms with Gasteiger partial charge < -0.3 is 4.74 Å². The number of nitrogens with one attached hydrogen (secondary N) is 2. The van der Waals surface area contributed by atoms with Crippen LogP contribution in [0.4, 0.5) is 10.5 Å². The highest BCUT2D eigenvalue weighted by molar-refractivity contribution is 5.69. The number of benzene rings is 1. The number of carbonyl (C=O) groups is 1. The van der Waals surface area contributed by atoms with Crippen LogP contribution in [0.5, 0.6) is 0 Å². The van der Waals surface area contributed by atoms with Crippen LogP contribution in [-0.4, -0.2) is 12.7 Å². The number of hydrazine groups is 1. The molecule has 2 N–H and O–H groups in total. The van der Waals surface area contributed by atoms with E-state index in [-0.39, 0.29) is 5.41 Å². The molecule has 0 aliphatic heterocycles. The average Bonchev–Trinajstić information content (AvgIpc) is 2.37. The van der Waals surface area contributed by atoms with Gasteiger partial charge >= 0.3 is 6.09 Å². The summed E-state index contributed by atoms with van der Waals surface area (Å²) >= 11 is 0. The minimum atomic E-state index is -0.474. The molecule has 0 heterocycles. The molecule has 100 valence electrons. The number of hydrogen-bond acceptors (Lipinski definition) is 3. The fourth-order valence-electron chi connectivity index (χ4n) is 1.51. The van der Waals surface area contributed by atoms with Crippen LogP contribution in [0.25, 0.3) is 0 Å². The van der Waals surface area contributed by atoms with E-state index in [2.05, 4.69) is 37.7 Å². The van der Waals surface area contributed by atoms with E-state index in [4.69, 9.17) is 4.74 Å². The van der Waals surface area contributed by atoms with Gasteiger partial charge in [-0.05, 0) is 36.5 Å². The van der Waals surface area contributed by atoms with E-state index in [0.717, 1.165) is 12.1 Å². The first-order chi connectivity index (χ1) is 8.49. The molecular weight excluding hydrogens is 228 g/mol. The minimum Gasteiger partial charge on any atom is -0.449 e. The maximum Gasteiger partial charge on any atom is 0.425 e. The fourth-order valence-corrected chi connectivity index (χ4v) is 1.51. The molecule has 1 aromatic rings. The molecule has 18 heavy (non-hydrogen) atoms. The molecule has 0 atom stereocenters. The van der Waals surface area contributed by atoms with Gasteiger partial charge in [0.25, 0.3) is 0 Å².